The van der Waals surface area contributed by atoms with E-state index < -0.39 is 0 Å². The molecule has 2 saturated heterocycles. The summed E-state index contributed by atoms with van der Waals surface area (Å²) in [6.45, 7) is 4.96. The number of carbonyl (C=O) groups is 1. The highest BCUT2D eigenvalue weighted by Crippen LogP contribution is 2.28. The Kier molecular flexibility index (Phi) is 7.27. The second kappa shape index (κ2) is 10.1. The minimum Gasteiger partial charge on any atom is -0.381 e. The molecule has 166 valence electrons. The summed E-state index contributed by atoms with van der Waals surface area (Å²) >= 11 is 12.1. The van der Waals surface area contributed by atoms with Crippen LogP contribution in [0.1, 0.15) is 41.7 Å². The lowest BCUT2D eigenvalue weighted by atomic mass is 10.0. The summed E-state index contributed by atoms with van der Waals surface area (Å²) in [4.78, 5) is 23.6. The van der Waals surface area contributed by atoms with Crippen molar-refractivity contribution in [3.8, 4) is 0 Å². The molecule has 2 fully saturated rings. The van der Waals surface area contributed by atoms with Crippen LogP contribution in [-0.2, 0) is 4.74 Å². The van der Waals surface area contributed by atoms with Gasteiger partial charge in [-0.1, -0.05) is 23.2 Å². The van der Waals surface area contributed by atoms with Gasteiger partial charge in [0.15, 0.2) is 0 Å². The van der Waals surface area contributed by atoms with E-state index in [9.17, 15) is 4.79 Å². The first kappa shape index (κ1) is 22.3. The third-order valence-electron chi connectivity index (χ3n) is 5.94. The van der Waals surface area contributed by atoms with Crippen LogP contribution in [0.4, 0.5) is 11.5 Å². The minimum atomic E-state index is -0.0541. The van der Waals surface area contributed by atoms with Crippen molar-refractivity contribution in [1.82, 2.24) is 20.2 Å². The van der Waals surface area contributed by atoms with Gasteiger partial charge in [0.2, 0.25) is 0 Å². The van der Waals surface area contributed by atoms with Crippen LogP contribution in [0.3, 0.4) is 0 Å². The number of hydrogen-bond donors (Lipinski definition) is 2. The molecule has 2 aliphatic heterocycles. The number of piperidine rings is 1. The average molecular weight is 464 g/mol. The number of ether oxygens (including phenoxy) is 1. The molecule has 31 heavy (non-hydrogen) atoms. The molecule has 3 heterocycles. The zero-order valence-electron chi connectivity index (χ0n) is 17.5. The zero-order valence-corrected chi connectivity index (χ0v) is 19.0. The summed E-state index contributed by atoms with van der Waals surface area (Å²) in [5.41, 5.74) is 1.88. The number of aromatic nitrogens is 2. The molecule has 9 heteroatoms. The second-order valence-corrected chi connectivity index (χ2v) is 8.88. The lowest BCUT2D eigenvalue weighted by Crippen LogP contribution is -2.49. The van der Waals surface area contributed by atoms with Crippen LogP contribution in [0, 0.1) is 6.92 Å². The number of anilines is 2. The van der Waals surface area contributed by atoms with Crippen LogP contribution >= 0.6 is 23.2 Å². The first-order valence-corrected chi connectivity index (χ1v) is 11.4. The molecule has 7 nitrogen and oxygen atoms in total. The third kappa shape index (κ3) is 5.47. The van der Waals surface area contributed by atoms with Gasteiger partial charge in [0, 0.05) is 49.6 Å². The number of rotatable bonds is 5. The summed E-state index contributed by atoms with van der Waals surface area (Å²) < 4.78 is 5.43. The van der Waals surface area contributed by atoms with E-state index in [2.05, 4.69) is 20.6 Å². The van der Waals surface area contributed by atoms with Crippen molar-refractivity contribution in [2.75, 3.05) is 31.6 Å². The number of nitrogens with zero attached hydrogens (tertiary/aromatic N) is 3. The fraction of sp³-hybridized carbons (Fsp3) is 0.500. The topological polar surface area (TPSA) is 79.4 Å². The Labute approximate surface area is 192 Å². The minimum absolute atomic E-state index is 0.0541. The van der Waals surface area contributed by atoms with Gasteiger partial charge < -0.3 is 20.3 Å². The molecule has 0 aliphatic carbocycles. The molecular formula is C22H27Cl2N5O2. The molecule has 0 radical (unpaired) electrons. The number of halogens is 2. The highest BCUT2D eigenvalue weighted by Gasteiger charge is 2.27. The number of likely N-dealkylation sites (tertiary alicyclic amines) is 1. The van der Waals surface area contributed by atoms with Crippen molar-refractivity contribution in [3.05, 3.63) is 45.8 Å². The van der Waals surface area contributed by atoms with Crippen LogP contribution in [0.15, 0.2) is 24.5 Å². The molecule has 2 N–H and O–H groups in total. The van der Waals surface area contributed by atoms with E-state index in [0.717, 1.165) is 57.7 Å². The second-order valence-electron chi connectivity index (χ2n) is 8.07. The van der Waals surface area contributed by atoms with Crippen molar-refractivity contribution in [2.45, 2.75) is 44.7 Å². The predicted octanol–water partition coefficient (Wildman–Crippen LogP) is 4.21. The van der Waals surface area contributed by atoms with Crippen molar-refractivity contribution in [1.29, 1.82) is 0 Å². The summed E-state index contributed by atoms with van der Waals surface area (Å²) in [6.07, 6.45) is 5.44. The summed E-state index contributed by atoms with van der Waals surface area (Å²) in [5, 5.41) is 7.88. The fourth-order valence-corrected chi connectivity index (χ4v) is 4.40. The molecule has 2 aromatic rings. The maximum absolute atomic E-state index is 13.2. The maximum atomic E-state index is 13.2. The summed E-state index contributed by atoms with van der Waals surface area (Å²) in [7, 11) is 0. The van der Waals surface area contributed by atoms with Gasteiger partial charge in [0.05, 0.1) is 10.0 Å². The first-order chi connectivity index (χ1) is 15.0. The Morgan fingerprint density at radius 1 is 1.06 bits per heavy atom. The van der Waals surface area contributed by atoms with Crippen LogP contribution in [0.25, 0.3) is 0 Å². The average Bonchev–Trinajstić information content (AvgIpc) is 2.78. The van der Waals surface area contributed by atoms with Crippen molar-refractivity contribution in [3.63, 3.8) is 0 Å². The number of carbonyl (C=O) groups excluding carboxylic acids is 1. The van der Waals surface area contributed by atoms with E-state index in [4.69, 9.17) is 27.9 Å². The van der Waals surface area contributed by atoms with E-state index in [1.165, 1.54) is 6.33 Å². The lowest BCUT2D eigenvalue weighted by molar-refractivity contribution is 0.0628. The van der Waals surface area contributed by atoms with Gasteiger partial charge >= 0.3 is 0 Å². The predicted molar refractivity (Wildman–Crippen MR) is 122 cm³/mol. The monoisotopic (exact) mass is 463 g/mol. The largest absolute Gasteiger partial charge is 0.381 e. The Morgan fingerprint density at radius 2 is 1.77 bits per heavy atom. The van der Waals surface area contributed by atoms with Crippen LogP contribution in [-0.4, -0.2) is 59.2 Å². The van der Waals surface area contributed by atoms with Gasteiger partial charge in [-0.15, -0.1) is 0 Å². The molecule has 0 atom stereocenters. The molecule has 0 spiro atoms. The van der Waals surface area contributed by atoms with Gasteiger partial charge in [-0.3, -0.25) is 4.79 Å². The standard InChI is InChI=1S/C22H27Cl2N5O2/c1-14-20(25-13-26-21(14)28-17-2-3-18(23)19(24)12-17)22(30)29-8-4-15(5-9-29)27-16-6-10-31-11-7-16/h2-3,12-13,15-16,27H,4-11H2,1H3,(H,25,26,28). The molecular weight excluding hydrogens is 437 g/mol. The molecule has 0 saturated carbocycles. The molecule has 1 amide bonds. The summed E-state index contributed by atoms with van der Waals surface area (Å²) in [6, 6.07) is 6.23. The molecule has 2 aliphatic rings. The van der Waals surface area contributed by atoms with Crippen molar-refractivity contribution >= 4 is 40.6 Å². The number of benzene rings is 1. The van der Waals surface area contributed by atoms with Gasteiger partial charge in [0.25, 0.3) is 5.91 Å². The fourth-order valence-electron chi connectivity index (χ4n) is 4.10. The Bertz CT molecular complexity index is 928. The smallest absolute Gasteiger partial charge is 0.272 e. The van der Waals surface area contributed by atoms with Gasteiger partial charge in [-0.2, -0.15) is 0 Å². The van der Waals surface area contributed by atoms with E-state index in [0.29, 0.717) is 39.2 Å². The van der Waals surface area contributed by atoms with Crippen LogP contribution < -0.4 is 10.6 Å². The zero-order chi connectivity index (χ0) is 21.8. The van der Waals surface area contributed by atoms with Gasteiger partial charge in [0.1, 0.15) is 17.8 Å². The van der Waals surface area contributed by atoms with Gasteiger partial charge in [-0.25, -0.2) is 9.97 Å². The lowest BCUT2D eigenvalue weighted by Gasteiger charge is -2.35. The highest BCUT2D eigenvalue weighted by atomic mass is 35.5. The Balaban J connectivity index is 1.38. The highest BCUT2D eigenvalue weighted by molar-refractivity contribution is 6.42. The first-order valence-electron chi connectivity index (χ1n) is 10.7. The molecule has 1 aromatic heterocycles. The van der Waals surface area contributed by atoms with E-state index in [1.54, 1.807) is 12.1 Å². The Morgan fingerprint density at radius 3 is 2.48 bits per heavy atom. The summed E-state index contributed by atoms with van der Waals surface area (Å²) in [5.74, 6) is 0.523. The maximum Gasteiger partial charge on any atom is 0.272 e. The number of nitrogens with one attached hydrogen (secondary N) is 2. The van der Waals surface area contributed by atoms with E-state index >= 15 is 0 Å². The molecule has 1 aromatic carbocycles. The quantitative estimate of drug-likeness (QED) is 0.691. The van der Waals surface area contributed by atoms with Crippen LogP contribution in [0.2, 0.25) is 10.0 Å². The van der Waals surface area contributed by atoms with E-state index in [-0.39, 0.29) is 5.91 Å². The molecule has 0 bridgehead atoms. The molecule has 0 unspecified atom stereocenters. The Hall–Kier alpha value is -1.93. The van der Waals surface area contributed by atoms with Gasteiger partial charge in [-0.05, 0) is 50.8 Å². The van der Waals surface area contributed by atoms with E-state index in [1.807, 2.05) is 17.9 Å². The number of amides is 1. The normalized spacial score (nSPS) is 18.2. The number of hydrogen-bond acceptors (Lipinski definition) is 6. The SMILES string of the molecule is Cc1c(Nc2ccc(Cl)c(Cl)c2)ncnc1C(=O)N1CCC(NC2CCOCC2)CC1. The van der Waals surface area contributed by atoms with Crippen LogP contribution in [0.5, 0.6) is 0 Å². The molecule has 4 rings (SSSR count). The third-order valence-corrected chi connectivity index (χ3v) is 6.68. The van der Waals surface area contributed by atoms with Crippen molar-refractivity contribution in [2.24, 2.45) is 0 Å². The van der Waals surface area contributed by atoms with Crippen molar-refractivity contribution < 1.29 is 9.53 Å².